The molecule has 1 aliphatic heterocycles. The average molecular weight is 240 g/mol. The maximum absolute atomic E-state index is 12.0. The van der Waals surface area contributed by atoms with E-state index < -0.39 is 0 Å². The summed E-state index contributed by atoms with van der Waals surface area (Å²) in [5.41, 5.74) is 0. The molecule has 0 aromatic carbocycles. The highest BCUT2D eigenvalue weighted by Gasteiger charge is 2.42. The second-order valence-electron chi connectivity index (χ2n) is 5.32. The van der Waals surface area contributed by atoms with Crippen molar-refractivity contribution in [2.45, 2.75) is 44.6 Å². The van der Waals surface area contributed by atoms with Gasteiger partial charge in [-0.05, 0) is 50.5 Å². The van der Waals surface area contributed by atoms with Gasteiger partial charge in [-0.1, -0.05) is 6.42 Å². The van der Waals surface area contributed by atoms with E-state index in [9.17, 15) is 4.79 Å². The summed E-state index contributed by atoms with van der Waals surface area (Å²) in [4.78, 5) is 12.0. The van der Waals surface area contributed by atoms with Crippen LogP contribution in [0.15, 0.2) is 0 Å². The molecule has 0 spiro atoms. The van der Waals surface area contributed by atoms with Crippen molar-refractivity contribution >= 4 is 5.91 Å². The molecule has 0 aromatic rings. The molecule has 98 valence electrons. The molecule has 1 aliphatic carbocycles. The van der Waals surface area contributed by atoms with Crippen molar-refractivity contribution in [3.05, 3.63) is 0 Å². The molecule has 4 nitrogen and oxygen atoms in total. The van der Waals surface area contributed by atoms with Gasteiger partial charge in [-0.25, -0.2) is 0 Å². The van der Waals surface area contributed by atoms with Gasteiger partial charge in [0.1, 0.15) is 0 Å². The van der Waals surface area contributed by atoms with Crippen LogP contribution in [0.1, 0.15) is 38.5 Å². The standard InChI is InChI=1S/C13H24N2O2/c16-8-3-1-2-7-14-13(17)12-11-6-4-5-10(11)9-15-12/h10-12,15-16H,1-9H2,(H,14,17). The number of hydrogen-bond donors (Lipinski definition) is 3. The number of nitrogens with one attached hydrogen (secondary N) is 2. The molecule has 3 unspecified atom stereocenters. The first-order valence-corrected chi connectivity index (χ1v) is 6.95. The number of rotatable bonds is 6. The Balaban J connectivity index is 1.66. The molecule has 0 radical (unpaired) electrons. The summed E-state index contributed by atoms with van der Waals surface area (Å²) in [6, 6.07) is 0.0559. The number of hydrogen-bond acceptors (Lipinski definition) is 3. The normalized spacial score (nSPS) is 31.5. The molecular formula is C13H24N2O2. The summed E-state index contributed by atoms with van der Waals surface area (Å²) in [6.45, 7) is 2.02. The maximum Gasteiger partial charge on any atom is 0.237 e. The minimum absolute atomic E-state index is 0.0559. The van der Waals surface area contributed by atoms with Crippen LogP contribution in [0.4, 0.5) is 0 Å². The molecular weight excluding hydrogens is 216 g/mol. The van der Waals surface area contributed by atoms with E-state index in [2.05, 4.69) is 10.6 Å². The Kier molecular flexibility index (Phi) is 4.80. The monoisotopic (exact) mass is 240 g/mol. The number of aliphatic hydroxyl groups excluding tert-OH is 1. The molecule has 3 N–H and O–H groups in total. The molecule has 1 saturated carbocycles. The van der Waals surface area contributed by atoms with Gasteiger partial charge in [0.2, 0.25) is 5.91 Å². The molecule has 2 fully saturated rings. The Hall–Kier alpha value is -0.610. The van der Waals surface area contributed by atoms with E-state index in [-0.39, 0.29) is 18.6 Å². The molecule has 2 aliphatic rings. The van der Waals surface area contributed by atoms with Crippen LogP contribution < -0.4 is 10.6 Å². The van der Waals surface area contributed by atoms with Gasteiger partial charge in [0, 0.05) is 13.2 Å². The molecule has 1 heterocycles. The maximum atomic E-state index is 12.0. The number of unbranched alkanes of at least 4 members (excludes halogenated alkanes) is 2. The number of fused-ring (bicyclic) bond motifs is 1. The summed E-state index contributed by atoms with van der Waals surface area (Å²) in [6.07, 6.45) is 6.58. The summed E-state index contributed by atoms with van der Waals surface area (Å²) in [5, 5.41) is 15.0. The van der Waals surface area contributed by atoms with Gasteiger partial charge in [0.05, 0.1) is 6.04 Å². The fourth-order valence-corrected chi connectivity index (χ4v) is 3.21. The van der Waals surface area contributed by atoms with E-state index in [1.54, 1.807) is 0 Å². The minimum atomic E-state index is 0.0559. The number of aliphatic hydroxyl groups is 1. The summed E-state index contributed by atoms with van der Waals surface area (Å²) < 4.78 is 0. The summed E-state index contributed by atoms with van der Waals surface area (Å²) in [5.74, 6) is 1.50. The lowest BCUT2D eigenvalue weighted by Gasteiger charge is -2.17. The number of carbonyl (C=O) groups excluding carboxylic acids is 1. The van der Waals surface area contributed by atoms with Gasteiger partial charge in [-0.3, -0.25) is 4.79 Å². The van der Waals surface area contributed by atoms with Crippen molar-refractivity contribution in [2.24, 2.45) is 11.8 Å². The quantitative estimate of drug-likeness (QED) is 0.598. The second kappa shape index (κ2) is 6.36. The Morgan fingerprint density at radius 3 is 3.00 bits per heavy atom. The first-order valence-electron chi connectivity index (χ1n) is 6.95. The average Bonchev–Trinajstić information content (AvgIpc) is 2.90. The molecule has 0 aromatic heterocycles. The summed E-state index contributed by atoms with van der Waals surface area (Å²) >= 11 is 0. The Morgan fingerprint density at radius 2 is 2.18 bits per heavy atom. The zero-order valence-electron chi connectivity index (χ0n) is 10.5. The van der Waals surface area contributed by atoms with Crippen molar-refractivity contribution in [3.8, 4) is 0 Å². The third-order valence-corrected chi connectivity index (χ3v) is 4.16. The molecule has 1 saturated heterocycles. The van der Waals surface area contributed by atoms with E-state index in [1.807, 2.05) is 0 Å². The zero-order chi connectivity index (χ0) is 12.1. The lowest BCUT2D eigenvalue weighted by Crippen LogP contribution is -2.44. The van der Waals surface area contributed by atoms with Crippen molar-refractivity contribution < 1.29 is 9.90 Å². The Bertz CT molecular complexity index is 258. The number of carbonyl (C=O) groups is 1. The SMILES string of the molecule is O=C(NCCCCCO)C1NCC2CCCC21. The van der Waals surface area contributed by atoms with Gasteiger partial charge >= 0.3 is 0 Å². The van der Waals surface area contributed by atoms with Crippen LogP contribution >= 0.6 is 0 Å². The third-order valence-electron chi connectivity index (χ3n) is 4.16. The van der Waals surface area contributed by atoms with Crippen LogP contribution in [0.25, 0.3) is 0 Å². The third kappa shape index (κ3) is 3.19. The van der Waals surface area contributed by atoms with Gasteiger partial charge < -0.3 is 15.7 Å². The fourth-order valence-electron chi connectivity index (χ4n) is 3.21. The van der Waals surface area contributed by atoms with Crippen molar-refractivity contribution in [2.75, 3.05) is 19.7 Å². The van der Waals surface area contributed by atoms with Gasteiger partial charge in [-0.2, -0.15) is 0 Å². The van der Waals surface area contributed by atoms with E-state index in [1.165, 1.54) is 19.3 Å². The Labute approximate surface area is 103 Å². The van der Waals surface area contributed by atoms with Crippen molar-refractivity contribution in [1.29, 1.82) is 0 Å². The highest BCUT2D eigenvalue weighted by Crippen LogP contribution is 2.37. The molecule has 3 atom stereocenters. The van der Waals surface area contributed by atoms with E-state index >= 15 is 0 Å². The lowest BCUT2D eigenvalue weighted by molar-refractivity contribution is -0.123. The first kappa shape index (κ1) is 12.8. The number of amides is 1. The van der Waals surface area contributed by atoms with Crippen LogP contribution in [0, 0.1) is 11.8 Å². The minimum Gasteiger partial charge on any atom is -0.396 e. The predicted molar refractivity (Wildman–Crippen MR) is 66.6 cm³/mol. The largest absolute Gasteiger partial charge is 0.396 e. The molecule has 0 bridgehead atoms. The van der Waals surface area contributed by atoms with Crippen LogP contribution in [0.2, 0.25) is 0 Å². The topological polar surface area (TPSA) is 61.4 Å². The molecule has 4 heteroatoms. The highest BCUT2D eigenvalue weighted by atomic mass is 16.2. The highest BCUT2D eigenvalue weighted by molar-refractivity contribution is 5.82. The fraction of sp³-hybridized carbons (Fsp3) is 0.923. The van der Waals surface area contributed by atoms with Crippen LogP contribution in [-0.2, 0) is 4.79 Å². The lowest BCUT2D eigenvalue weighted by atomic mass is 9.93. The molecule has 17 heavy (non-hydrogen) atoms. The van der Waals surface area contributed by atoms with Crippen LogP contribution in [0.3, 0.4) is 0 Å². The van der Waals surface area contributed by atoms with E-state index in [0.717, 1.165) is 38.3 Å². The van der Waals surface area contributed by atoms with Gasteiger partial charge in [0.15, 0.2) is 0 Å². The molecule has 1 amide bonds. The molecule has 2 rings (SSSR count). The van der Waals surface area contributed by atoms with Crippen LogP contribution in [-0.4, -0.2) is 36.8 Å². The summed E-state index contributed by atoms with van der Waals surface area (Å²) in [7, 11) is 0. The van der Waals surface area contributed by atoms with E-state index in [4.69, 9.17) is 5.11 Å². The predicted octanol–water partition coefficient (Wildman–Crippen LogP) is 0.653. The van der Waals surface area contributed by atoms with Crippen LogP contribution in [0.5, 0.6) is 0 Å². The zero-order valence-corrected chi connectivity index (χ0v) is 10.5. The van der Waals surface area contributed by atoms with Crippen molar-refractivity contribution in [1.82, 2.24) is 10.6 Å². The van der Waals surface area contributed by atoms with Gasteiger partial charge in [0.25, 0.3) is 0 Å². The first-order chi connectivity index (χ1) is 8.33. The smallest absolute Gasteiger partial charge is 0.237 e. The second-order valence-corrected chi connectivity index (χ2v) is 5.32. The van der Waals surface area contributed by atoms with Gasteiger partial charge in [-0.15, -0.1) is 0 Å². The van der Waals surface area contributed by atoms with E-state index in [0.29, 0.717) is 5.92 Å². The van der Waals surface area contributed by atoms with Crippen molar-refractivity contribution in [3.63, 3.8) is 0 Å². The Morgan fingerprint density at radius 1 is 1.29 bits per heavy atom.